The molecule has 1 aliphatic heterocycles. The molecule has 0 amide bonds. The third-order valence-electron chi connectivity index (χ3n) is 2.91. The van der Waals surface area contributed by atoms with Gasteiger partial charge in [-0.2, -0.15) is 0 Å². The van der Waals surface area contributed by atoms with Crippen LogP contribution in [0.3, 0.4) is 0 Å². The van der Waals surface area contributed by atoms with Crippen LogP contribution in [-0.4, -0.2) is 60.1 Å². The fourth-order valence-corrected chi connectivity index (χ4v) is 2.04. The van der Waals surface area contributed by atoms with Crippen molar-refractivity contribution in [2.75, 3.05) is 33.2 Å². The van der Waals surface area contributed by atoms with Gasteiger partial charge in [-0.1, -0.05) is 6.08 Å². The fourth-order valence-electron chi connectivity index (χ4n) is 2.04. The molecule has 0 radical (unpaired) electrons. The Morgan fingerprint density at radius 2 is 2.20 bits per heavy atom. The summed E-state index contributed by atoms with van der Waals surface area (Å²) in [6.45, 7) is 6.57. The van der Waals surface area contributed by atoms with Crippen molar-refractivity contribution < 1.29 is 9.90 Å². The highest BCUT2D eigenvalue weighted by atomic mass is 16.4. The number of nitrogens with zero attached hydrogens (tertiary/aromatic N) is 2. The van der Waals surface area contributed by atoms with E-state index in [1.807, 2.05) is 4.90 Å². The van der Waals surface area contributed by atoms with Crippen LogP contribution in [0.25, 0.3) is 0 Å². The van der Waals surface area contributed by atoms with Gasteiger partial charge in [0, 0.05) is 12.6 Å². The largest absolute Gasteiger partial charge is 0.480 e. The summed E-state index contributed by atoms with van der Waals surface area (Å²) in [6, 6.07) is 0.398. The van der Waals surface area contributed by atoms with E-state index in [1.54, 1.807) is 6.08 Å². The number of rotatable bonds is 5. The molecule has 4 nitrogen and oxygen atoms in total. The molecule has 1 aliphatic rings. The average molecular weight is 212 g/mol. The van der Waals surface area contributed by atoms with E-state index in [1.165, 1.54) is 0 Å². The average Bonchev–Trinajstić information content (AvgIpc) is 2.17. The zero-order chi connectivity index (χ0) is 11.3. The summed E-state index contributed by atoms with van der Waals surface area (Å²) in [5.74, 6) is -0.754. The number of piperidine rings is 1. The summed E-state index contributed by atoms with van der Waals surface area (Å²) >= 11 is 0. The molecule has 0 atom stereocenters. The number of likely N-dealkylation sites (tertiary alicyclic amines) is 1. The van der Waals surface area contributed by atoms with E-state index in [0.717, 1.165) is 25.9 Å². The normalized spacial score (nSPS) is 19.3. The van der Waals surface area contributed by atoms with Crippen molar-refractivity contribution in [2.24, 2.45) is 0 Å². The van der Waals surface area contributed by atoms with E-state index >= 15 is 0 Å². The molecule has 0 aliphatic carbocycles. The summed E-state index contributed by atoms with van der Waals surface area (Å²) in [4.78, 5) is 15.0. The molecule has 0 aromatic carbocycles. The van der Waals surface area contributed by atoms with Crippen LogP contribution in [0.1, 0.15) is 12.8 Å². The van der Waals surface area contributed by atoms with Crippen LogP contribution in [0, 0.1) is 0 Å². The van der Waals surface area contributed by atoms with E-state index in [4.69, 9.17) is 5.11 Å². The monoisotopic (exact) mass is 212 g/mol. The van der Waals surface area contributed by atoms with Crippen molar-refractivity contribution in [3.05, 3.63) is 12.7 Å². The second kappa shape index (κ2) is 5.88. The SMILES string of the molecule is C=CCN(CC(=O)O)C1CCN(C)CC1. The standard InChI is InChI=1S/C11H20N2O2/c1-3-6-13(9-11(14)15)10-4-7-12(2)8-5-10/h3,10H,1,4-9H2,2H3,(H,14,15). The van der Waals surface area contributed by atoms with Crippen molar-refractivity contribution in [1.29, 1.82) is 0 Å². The minimum Gasteiger partial charge on any atom is -0.480 e. The summed E-state index contributed by atoms with van der Waals surface area (Å²) in [5.41, 5.74) is 0. The Bertz CT molecular complexity index is 223. The van der Waals surface area contributed by atoms with Crippen LogP contribution >= 0.6 is 0 Å². The number of carboxylic acids is 1. The predicted molar refractivity (Wildman–Crippen MR) is 59.9 cm³/mol. The molecule has 0 aromatic rings. The van der Waals surface area contributed by atoms with E-state index in [2.05, 4.69) is 18.5 Å². The first kappa shape index (κ1) is 12.2. The van der Waals surface area contributed by atoms with Crippen LogP contribution in [0.2, 0.25) is 0 Å². The molecule has 0 saturated carbocycles. The highest BCUT2D eigenvalue weighted by molar-refractivity contribution is 5.69. The molecule has 1 rings (SSSR count). The molecule has 1 heterocycles. The third-order valence-corrected chi connectivity index (χ3v) is 2.91. The Hall–Kier alpha value is -0.870. The summed E-state index contributed by atoms with van der Waals surface area (Å²) in [5, 5.41) is 8.81. The first-order chi connectivity index (χ1) is 7.13. The molecule has 4 heteroatoms. The van der Waals surface area contributed by atoms with Gasteiger partial charge in [0.1, 0.15) is 0 Å². The Balaban J connectivity index is 2.47. The van der Waals surface area contributed by atoms with Gasteiger partial charge in [-0.3, -0.25) is 9.69 Å². The first-order valence-corrected chi connectivity index (χ1v) is 5.38. The first-order valence-electron chi connectivity index (χ1n) is 5.38. The molecular formula is C11H20N2O2. The molecule has 1 fully saturated rings. The van der Waals surface area contributed by atoms with Gasteiger partial charge in [0.2, 0.25) is 0 Å². The third kappa shape index (κ3) is 4.01. The second-order valence-electron chi connectivity index (χ2n) is 4.15. The van der Waals surface area contributed by atoms with E-state index in [0.29, 0.717) is 12.6 Å². The van der Waals surface area contributed by atoms with Crippen molar-refractivity contribution in [1.82, 2.24) is 9.80 Å². The van der Waals surface area contributed by atoms with Gasteiger partial charge in [0.05, 0.1) is 6.54 Å². The Morgan fingerprint density at radius 1 is 1.60 bits per heavy atom. The molecular weight excluding hydrogens is 192 g/mol. The van der Waals surface area contributed by atoms with Gasteiger partial charge in [0.15, 0.2) is 0 Å². The molecule has 0 aromatic heterocycles. The van der Waals surface area contributed by atoms with Gasteiger partial charge >= 0.3 is 5.97 Å². The zero-order valence-corrected chi connectivity index (χ0v) is 9.35. The van der Waals surface area contributed by atoms with Gasteiger partial charge < -0.3 is 10.0 Å². The molecule has 0 bridgehead atoms. The van der Waals surface area contributed by atoms with Crippen LogP contribution in [0.4, 0.5) is 0 Å². The highest BCUT2D eigenvalue weighted by Crippen LogP contribution is 2.15. The topological polar surface area (TPSA) is 43.8 Å². The second-order valence-corrected chi connectivity index (χ2v) is 4.15. The lowest BCUT2D eigenvalue weighted by atomic mass is 10.0. The number of hydrogen-bond acceptors (Lipinski definition) is 3. The molecule has 15 heavy (non-hydrogen) atoms. The van der Waals surface area contributed by atoms with Crippen LogP contribution in [-0.2, 0) is 4.79 Å². The van der Waals surface area contributed by atoms with Gasteiger partial charge in [-0.15, -0.1) is 6.58 Å². The van der Waals surface area contributed by atoms with Gasteiger partial charge in [0.25, 0.3) is 0 Å². The predicted octanol–water partition coefficient (Wildman–Crippen LogP) is 0.653. The van der Waals surface area contributed by atoms with E-state index in [9.17, 15) is 4.79 Å². The van der Waals surface area contributed by atoms with Crippen molar-refractivity contribution in [3.8, 4) is 0 Å². The van der Waals surface area contributed by atoms with Gasteiger partial charge in [-0.05, 0) is 33.0 Å². The van der Waals surface area contributed by atoms with Crippen LogP contribution in [0.5, 0.6) is 0 Å². The molecule has 1 saturated heterocycles. The number of carboxylic acid groups (broad SMARTS) is 1. The lowest BCUT2D eigenvalue weighted by Gasteiger charge is -2.35. The molecule has 86 valence electrons. The van der Waals surface area contributed by atoms with Crippen LogP contribution in [0.15, 0.2) is 12.7 Å². The molecule has 0 unspecified atom stereocenters. The highest BCUT2D eigenvalue weighted by Gasteiger charge is 2.23. The minimum atomic E-state index is -0.754. The minimum absolute atomic E-state index is 0.125. The quantitative estimate of drug-likeness (QED) is 0.680. The lowest BCUT2D eigenvalue weighted by molar-refractivity contribution is -0.139. The molecule has 1 N–H and O–H groups in total. The van der Waals surface area contributed by atoms with E-state index < -0.39 is 5.97 Å². The van der Waals surface area contributed by atoms with E-state index in [-0.39, 0.29) is 6.54 Å². The summed E-state index contributed by atoms with van der Waals surface area (Å²) in [7, 11) is 2.10. The van der Waals surface area contributed by atoms with Crippen molar-refractivity contribution in [2.45, 2.75) is 18.9 Å². The number of hydrogen-bond donors (Lipinski definition) is 1. The smallest absolute Gasteiger partial charge is 0.317 e. The maximum absolute atomic E-state index is 10.7. The Morgan fingerprint density at radius 3 is 2.67 bits per heavy atom. The van der Waals surface area contributed by atoms with Crippen LogP contribution < -0.4 is 0 Å². The summed E-state index contributed by atoms with van der Waals surface area (Å²) < 4.78 is 0. The Kier molecular flexibility index (Phi) is 4.78. The van der Waals surface area contributed by atoms with Crippen molar-refractivity contribution >= 4 is 5.97 Å². The zero-order valence-electron chi connectivity index (χ0n) is 9.35. The maximum atomic E-state index is 10.7. The van der Waals surface area contributed by atoms with Crippen molar-refractivity contribution in [3.63, 3.8) is 0 Å². The summed E-state index contributed by atoms with van der Waals surface area (Å²) in [6.07, 6.45) is 3.89. The number of carbonyl (C=O) groups is 1. The fraction of sp³-hybridized carbons (Fsp3) is 0.727. The van der Waals surface area contributed by atoms with Gasteiger partial charge in [-0.25, -0.2) is 0 Å². The maximum Gasteiger partial charge on any atom is 0.317 e. The number of aliphatic carboxylic acids is 1. The Labute approximate surface area is 91.2 Å². The molecule has 0 spiro atoms. The lowest BCUT2D eigenvalue weighted by Crippen LogP contribution is -2.45.